The topological polar surface area (TPSA) is 64.3 Å². The predicted octanol–water partition coefficient (Wildman–Crippen LogP) is 4.03. The fourth-order valence-electron chi connectivity index (χ4n) is 2.49. The van der Waals surface area contributed by atoms with E-state index in [0.717, 1.165) is 5.56 Å². The van der Waals surface area contributed by atoms with E-state index in [2.05, 4.69) is 31.3 Å². The summed E-state index contributed by atoms with van der Waals surface area (Å²) in [5.41, 5.74) is 7.43. The van der Waals surface area contributed by atoms with E-state index in [1.807, 2.05) is 25.1 Å². The van der Waals surface area contributed by atoms with Gasteiger partial charge in [0.05, 0.1) is 23.4 Å². The normalized spacial score (nSPS) is 12.5. The lowest BCUT2D eigenvalue weighted by molar-refractivity contribution is 0.0921. The second-order valence-corrected chi connectivity index (χ2v) is 6.76. The molecule has 2 rings (SSSR count). The van der Waals surface area contributed by atoms with Gasteiger partial charge in [0.15, 0.2) is 0 Å². The van der Waals surface area contributed by atoms with Gasteiger partial charge >= 0.3 is 0 Å². The lowest BCUT2D eigenvalue weighted by atomic mass is 9.78. The van der Waals surface area contributed by atoms with Crippen molar-refractivity contribution >= 4 is 23.2 Å². The van der Waals surface area contributed by atoms with Crippen LogP contribution in [0, 0.1) is 0 Å². The summed E-state index contributed by atoms with van der Waals surface area (Å²) in [4.78, 5) is 12.7. The molecule has 5 heteroatoms. The van der Waals surface area contributed by atoms with Gasteiger partial charge in [-0.1, -0.05) is 55.8 Å². The average molecular weight is 347 g/mol. The number of methoxy groups -OCH3 is 1. The maximum atomic E-state index is 12.7. The Morgan fingerprint density at radius 3 is 2.46 bits per heavy atom. The second-order valence-electron chi connectivity index (χ2n) is 6.36. The van der Waals surface area contributed by atoms with Gasteiger partial charge in [-0.15, -0.1) is 0 Å². The number of ether oxygens (including phenoxy) is 1. The summed E-state index contributed by atoms with van der Waals surface area (Å²) in [6.07, 6.45) is 0. The highest BCUT2D eigenvalue weighted by Gasteiger charge is 2.30. The Balaban J connectivity index is 2.25. The highest BCUT2D eigenvalue weighted by Crippen LogP contribution is 2.30. The molecular formula is C19H23ClN2O2. The Morgan fingerprint density at radius 2 is 1.88 bits per heavy atom. The Bertz CT molecular complexity index is 730. The minimum absolute atomic E-state index is 0.103. The fraction of sp³-hybridized carbons (Fsp3) is 0.316. The zero-order chi connectivity index (χ0) is 17.9. The van der Waals surface area contributed by atoms with E-state index >= 15 is 0 Å². The van der Waals surface area contributed by atoms with Gasteiger partial charge in [-0.05, 0) is 18.6 Å². The first-order valence-corrected chi connectivity index (χ1v) is 8.14. The molecule has 24 heavy (non-hydrogen) atoms. The summed E-state index contributed by atoms with van der Waals surface area (Å²) in [6.45, 7) is 6.18. The van der Waals surface area contributed by atoms with Crippen LogP contribution >= 0.6 is 11.6 Å². The third-order valence-electron chi connectivity index (χ3n) is 4.51. The number of nitrogens with two attached hydrogens (primary N) is 1. The highest BCUT2D eigenvalue weighted by molar-refractivity contribution is 6.33. The third-order valence-corrected chi connectivity index (χ3v) is 4.84. The van der Waals surface area contributed by atoms with Gasteiger partial charge in [0, 0.05) is 17.5 Å². The van der Waals surface area contributed by atoms with Crippen molar-refractivity contribution in [1.82, 2.24) is 5.32 Å². The summed E-state index contributed by atoms with van der Waals surface area (Å²) >= 11 is 6.05. The Morgan fingerprint density at radius 1 is 1.25 bits per heavy atom. The number of hydrogen-bond donors (Lipinski definition) is 2. The molecule has 0 saturated heterocycles. The van der Waals surface area contributed by atoms with Crippen molar-refractivity contribution in [2.75, 3.05) is 12.8 Å². The molecule has 0 aliphatic carbocycles. The number of carbonyl (C=O) groups excluding carboxylic acids is 1. The fourth-order valence-corrected chi connectivity index (χ4v) is 2.65. The van der Waals surface area contributed by atoms with Crippen LogP contribution in [0.1, 0.15) is 36.7 Å². The quantitative estimate of drug-likeness (QED) is 0.803. The molecule has 0 aliphatic heterocycles. The largest absolute Gasteiger partial charge is 0.496 e. The number of rotatable bonds is 5. The summed E-state index contributed by atoms with van der Waals surface area (Å²) in [5, 5.41) is 3.37. The maximum absolute atomic E-state index is 12.7. The molecule has 1 atom stereocenters. The monoisotopic (exact) mass is 346 g/mol. The molecule has 0 heterocycles. The first kappa shape index (κ1) is 18.1. The lowest BCUT2D eigenvalue weighted by Gasteiger charge is -2.33. The van der Waals surface area contributed by atoms with E-state index in [-0.39, 0.29) is 17.4 Å². The number of nitrogen functional groups attached to an aromatic ring is 1. The van der Waals surface area contributed by atoms with Gasteiger partial charge < -0.3 is 15.8 Å². The molecule has 0 radical (unpaired) electrons. The van der Waals surface area contributed by atoms with Crippen molar-refractivity contribution in [1.29, 1.82) is 0 Å². The van der Waals surface area contributed by atoms with Crippen LogP contribution in [-0.4, -0.2) is 19.1 Å². The number of anilines is 1. The van der Waals surface area contributed by atoms with Crippen LogP contribution in [0.4, 0.5) is 5.69 Å². The van der Waals surface area contributed by atoms with Gasteiger partial charge in [-0.25, -0.2) is 0 Å². The van der Waals surface area contributed by atoms with Crippen molar-refractivity contribution in [3.8, 4) is 5.75 Å². The number of amides is 1. The first-order chi connectivity index (χ1) is 11.3. The van der Waals surface area contributed by atoms with Crippen LogP contribution in [-0.2, 0) is 5.41 Å². The van der Waals surface area contributed by atoms with Crippen molar-refractivity contribution < 1.29 is 9.53 Å². The van der Waals surface area contributed by atoms with Crippen LogP contribution in [0.15, 0.2) is 42.5 Å². The molecule has 1 unspecified atom stereocenters. The Labute approximate surface area is 148 Å². The van der Waals surface area contributed by atoms with E-state index in [0.29, 0.717) is 22.0 Å². The molecule has 128 valence electrons. The summed E-state index contributed by atoms with van der Waals surface area (Å²) < 4.78 is 5.25. The molecule has 0 aliphatic rings. The molecule has 0 spiro atoms. The molecule has 4 nitrogen and oxygen atoms in total. The summed E-state index contributed by atoms with van der Waals surface area (Å²) in [5.74, 6) is 0.157. The predicted molar refractivity (Wildman–Crippen MR) is 98.8 cm³/mol. The second kappa shape index (κ2) is 7.14. The molecule has 0 saturated carbocycles. The molecule has 3 N–H and O–H groups in total. The Kier molecular flexibility index (Phi) is 5.40. The van der Waals surface area contributed by atoms with Crippen LogP contribution in [0.2, 0.25) is 5.02 Å². The van der Waals surface area contributed by atoms with Gasteiger partial charge in [-0.2, -0.15) is 0 Å². The summed E-state index contributed by atoms with van der Waals surface area (Å²) in [6, 6.07) is 13.1. The average Bonchev–Trinajstić information content (AvgIpc) is 2.57. The number of hydrogen-bond acceptors (Lipinski definition) is 3. The van der Waals surface area contributed by atoms with Gasteiger partial charge in [0.2, 0.25) is 0 Å². The van der Waals surface area contributed by atoms with Crippen molar-refractivity contribution in [2.45, 2.75) is 32.2 Å². The maximum Gasteiger partial charge on any atom is 0.255 e. The van der Waals surface area contributed by atoms with E-state index in [4.69, 9.17) is 22.1 Å². The van der Waals surface area contributed by atoms with Gasteiger partial charge in [0.1, 0.15) is 5.75 Å². The standard InChI is InChI=1S/C19H23ClN2O2/c1-12(19(2,3)13-8-6-5-7-9-13)22-18(23)14-10-15(20)16(21)11-17(14)24-4/h5-12H,21H2,1-4H3,(H,22,23). The third kappa shape index (κ3) is 3.65. The van der Waals surface area contributed by atoms with E-state index < -0.39 is 0 Å². The van der Waals surface area contributed by atoms with Crippen molar-refractivity contribution in [3.63, 3.8) is 0 Å². The molecule has 0 fully saturated rings. The van der Waals surface area contributed by atoms with Crippen molar-refractivity contribution in [3.05, 3.63) is 58.6 Å². The highest BCUT2D eigenvalue weighted by atomic mass is 35.5. The summed E-state index contributed by atoms with van der Waals surface area (Å²) in [7, 11) is 1.50. The zero-order valence-corrected chi connectivity index (χ0v) is 15.1. The SMILES string of the molecule is COc1cc(N)c(Cl)cc1C(=O)NC(C)C(C)(C)c1ccccc1. The van der Waals surface area contributed by atoms with E-state index in [1.165, 1.54) is 13.2 Å². The van der Waals surface area contributed by atoms with Crippen LogP contribution in [0.3, 0.4) is 0 Å². The number of nitrogens with one attached hydrogen (secondary N) is 1. The van der Waals surface area contributed by atoms with Crippen LogP contribution in [0.25, 0.3) is 0 Å². The first-order valence-electron chi connectivity index (χ1n) is 7.76. The minimum Gasteiger partial charge on any atom is -0.496 e. The van der Waals surface area contributed by atoms with E-state index in [9.17, 15) is 4.79 Å². The molecule has 0 aromatic heterocycles. The zero-order valence-electron chi connectivity index (χ0n) is 14.4. The molecule has 2 aromatic carbocycles. The lowest BCUT2D eigenvalue weighted by Crippen LogP contribution is -2.45. The van der Waals surface area contributed by atoms with Gasteiger partial charge in [0.25, 0.3) is 5.91 Å². The molecular weight excluding hydrogens is 324 g/mol. The number of benzene rings is 2. The number of halogens is 1. The Hall–Kier alpha value is -2.20. The minimum atomic E-state index is -0.245. The van der Waals surface area contributed by atoms with Crippen molar-refractivity contribution in [2.24, 2.45) is 0 Å². The van der Waals surface area contributed by atoms with E-state index in [1.54, 1.807) is 6.07 Å². The van der Waals surface area contributed by atoms with Crippen LogP contribution in [0.5, 0.6) is 5.75 Å². The van der Waals surface area contributed by atoms with Crippen LogP contribution < -0.4 is 15.8 Å². The smallest absolute Gasteiger partial charge is 0.255 e. The molecule has 2 aromatic rings. The number of carbonyl (C=O) groups is 1. The molecule has 1 amide bonds. The molecule has 0 bridgehead atoms. The van der Waals surface area contributed by atoms with Gasteiger partial charge in [-0.3, -0.25) is 4.79 Å².